The Morgan fingerprint density at radius 2 is 1.88 bits per heavy atom. The highest BCUT2D eigenvalue weighted by Gasteiger charge is 2.36. The normalized spacial score (nSPS) is 24.6. The molecule has 0 amide bonds. The molecule has 168 valence electrons. The number of aliphatic hydroxyl groups is 1. The lowest BCUT2D eigenvalue weighted by Gasteiger charge is -2.45. The van der Waals surface area contributed by atoms with Gasteiger partial charge in [-0.2, -0.15) is 5.10 Å². The van der Waals surface area contributed by atoms with E-state index in [1.807, 2.05) is 18.5 Å². The third-order valence-electron chi connectivity index (χ3n) is 7.52. The van der Waals surface area contributed by atoms with Gasteiger partial charge in [-0.15, -0.1) is 0 Å². The van der Waals surface area contributed by atoms with Gasteiger partial charge < -0.3 is 10.4 Å². The zero-order valence-electron chi connectivity index (χ0n) is 18.3. The van der Waals surface area contributed by atoms with E-state index in [4.69, 9.17) is 16.6 Å². The van der Waals surface area contributed by atoms with Crippen molar-refractivity contribution in [3.8, 4) is 0 Å². The summed E-state index contributed by atoms with van der Waals surface area (Å²) in [5.74, 6) is 1.00. The third-order valence-corrected chi connectivity index (χ3v) is 7.85. The lowest BCUT2D eigenvalue weighted by molar-refractivity contribution is -0.0301. The summed E-state index contributed by atoms with van der Waals surface area (Å²) in [4.78, 5) is 11.7. The number of nitrogens with one attached hydrogen (secondary N) is 1. The number of benzene rings is 1. The molecule has 0 radical (unpaired) electrons. The molecule has 2 aliphatic carbocycles. The molecule has 3 aromatic rings. The minimum absolute atomic E-state index is 0.140. The monoisotopic (exact) mass is 452 g/mol. The number of piperidine rings is 1. The molecule has 2 N–H and O–H groups in total. The lowest BCUT2D eigenvalue weighted by atomic mass is 9.83. The topological polar surface area (TPSA) is 79.1 Å². The molecule has 1 saturated heterocycles. The van der Waals surface area contributed by atoms with Gasteiger partial charge >= 0.3 is 0 Å². The van der Waals surface area contributed by atoms with Crippen molar-refractivity contribution in [3.63, 3.8) is 0 Å². The molecule has 2 aromatic heterocycles. The van der Waals surface area contributed by atoms with E-state index in [2.05, 4.69) is 38.0 Å². The van der Waals surface area contributed by atoms with Crippen LogP contribution in [0.5, 0.6) is 0 Å². The van der Waals surface area contributed by atoms with Crippen LogP contribution < -0.4 is 5.32 Å². The average Bonchev–Trinajstić information content (AvgIpc) is 3.57. The number of likely N-dealkylation sites (tertiary alicyclic amines) is 1. The number of hydrogen-bond acceptors (Lipinski definition) is 6. The van der Waals surface area contributed by atoms with E-state index in [0.717, 1.165) is 66.1 Å². The van der Waals surface area contributed by atoms with Gasteiger partial charge in [0.25, 0.3) is 0 Å². The zero-order chi connectivity index (χ0) is 21.8. The fraction of sp³-hybridized carbons (Fsp3) is 0.542. The molecule has 0 spiro atoms. The molecule has 2 saturated carbocycles. The van der Waals surface area contributed by atoms with E-state index in [9.17, 15) is 5.11 Å². The zero-order valence-corrected chi connectivity index (χ0v) is 19.1. The predicted molar refractivity (Wildman–Crippen MR) is 126 cm³/mol. The van der Waals surface area contributed by atoms with Crippen molar-refractivity contribution in [2.75, 3.05) is 18.4 Å². The summed E-state index contributed by atoms with van der Waals surface area (Å²) in [5, 5.41) is 19.6. The molecule has 8 heteroatoms. The number of hydrogen-bond donors (Lipinski definition) is 2. The third kappa shape index (κ3) is 3.66. The molecule has 3 heterocycles. The Morgan fingerprint density at radius 1 is 1.06 bits per heavy atom. The van der Waals surface area contributed by atoms with E-state index in [1.165, 1.54) is 18.4 Å². The number of halogens is 1. The van der Waals surface area contributed by atoms with E-state index >= 15 is 0 Å². The van der Waals surface area contributed by atoms with Crippen LogP contribution in [0.2, 0.25) is 5.02 Å². The number of aromatic nitrogens is 4. The Hall–Kier alpha value is -2.22. The summed E-state index contributed by atoms with van der Waals surface area (Å²) in [6, 6.07) is 5.04. The number of anilines is 2. The van der Waals surface area contributed by atoms with Crippen LogP contribution in [0.25, 0.3) is 10.9 Å². The summed E-state index contributed by atoms with van der Waals surface area (Å²) in [7, 11) is 0. The number of rotatable bonds is 5. The van der Waals surface area contributed by atoms with Crippen molar-refractivity contribution in [1.29, 1.82) is 0 Å². The van der Waals surface area contributed by atoms with Gasteiger partial charge in [0, 0.05) is 22.6 Å². The van der Waals surface area contributed by atoms with Gasteiger partial charge in [-0.1, -0.05) is 11.6 Å². The molecular formula is C24H29ClN6O. The van der Waals surface area contributed by atoms with Gasteiger partial charge in [-0.3, -0.25) is 9.58 Å². The molecule has 0 bridgehead atoms. The van der Waals surface area contributed by atoms with Crippen LogP contribution in [0, 0.1) is 6.92 Å². The standard InChI is InChI=1S/C24H29ClN6O/c1-14-21(13-27-31(14)17-2-3-17)29-24-26-12-16-10-19(25)18(11-20(16)28-24)15-6-8-30(9-7-15)22-4-5-23(22)32/h10-13,15,17,22-23,32H,2-9H2,1H3,(H,26,28,29)/t22-,23+/m1/s1. The van der Waals surface area contributed by atoms with Crippen LogP contribution >= 0.6 is 11.6 Å². The van der Waals surface area contributed by atoms with Crippen molar-refractivity contribution in [1.82, 2.24) is 24.6 Å². The molecular weight excluding hydrogens is 424 g/mol. The summed E-state index contributed by atoms with van der Waals surface area (Å²) in [5.41, 5.74) is 4.16. The van der Waals surface area contributed by atoms with Crippen molar-refractivity contribution >= 4 is 34.1 Å². The summed E-state index contributed by atoms with van der Waals surface area (Å²) < 4.78 is 2.09. The van der Waals surface area contributed by atoms with Gasteiger partial charge in [-0.05, 0) is 82.2 Å². The first-order valence-electron chi connectivity index (χ1n) is 11.8. The van der Waals surface area contributed by atoms with E-state index in [-0.39, 0.29) is 6.10 Å². The smallest absolute Gasteiger partial charge is 0.227 e. The Bertz CT molecular complexity index is 1150. The van der Waals surface area contributed by atoms with Gasteiger partial charge in [0.2, 0.25) is 5.95 Å². The maximum absolute atomic E-state index is 10.00. The molecule has 3 fully saturated rings. The number of aliphatic hydroxyl groups excluding tert-OH is 1. The number of nitrogens with zero attached hydrogens (tertiary/aromatic N) is 5. The molecule has 3 aliphatic rings. The van der Waals surface area contributed by atoms with Gasteiger partial charge in [-0.25, -0.2) is 9.97 Å². The van der Waals surface area contributed by atoms with Crippen LogP contribution in [0.3, 0.4) is 0 Å². The molecule has 0 unspecified atom stereocenters. The Kier molecular flexibility index (Phi) is 5.08. The minimum atomic E-state index is -0.140. The fourth-order valence-electron chi connectivity index (χ4n) is 5.23. The maximum Gasteiger partial charge on any atom is 0.227 e. The van der Waals surface area contributed by atoms with Crippen LogP contribution in [0.15, 0.2) is 24.5 Å². The summed E-state index contributed by atoms with van der Waals surface area (Å²) in [6.07, 6.45) is 10.2. The first-order chi connectivity index (χ1) is 15.6. The first-order valence-corrected chi connectivity index (χ1v) is 12.1. The molecule has 32 heavy (non-hydrogen) atoms. The van der Waals surface area contributed by atoms with Gasteiger partial charge in [0.1, 0.15) is 0 Å². The maximum atomic E-state index is 10.00. The van der Waals surface area contributed by atoms with Crippen LogP contribution in [-0.4, -0.2) is 55.0 Å². The van der Waals surface area contributed by atoms with Crippen LogP contribution in [0.4, 0.5) is 11.6 Å². The van der Waals surface area contributed by atoms with Gasteiger partial charge in [0.15, 0.2) is 0 Å². The highest BCUT2D eigenvalue weighted by molar-refractivity contribution is 6.32. The largest absolute Gasteiger partial charge is 0.391 e. The second-order valence-electron chi connectivity index (χ2n) is 9.59. The average molecular weight is 453 g/mol. The second-order valence-corrected chi connectivity index (χ2v) is 10.0. The second kappa shape index (κ2) is 7.97. The Balaban J connectivity index is 1.21. The van der Waals surface area contributed by atoms with E-state index < -0.39 is 0 Å². The van der Waals surface area contributed by atoms with E-state index in [0.29, 0.717) is 23.9 Å². The molecule has 1 aliphatic heterocycles. The SMILES string of the molecule is Cc1c(Nc2ncc3cc(Cl)c(C4CCN([C@@H]5CC[C@@H]5O)CC4)cc3n2)cnn1C1CC1. The highest BCUT2D eigenvalue weighted by Crippen LogP contribution is 2.38. The van der Waals surface area contributed by atoms with E-state index in [1.54, 1.807) is 0 Å². The fourth-order valence-corrected chi connectivity index (χ4v) is 5.55. The summed E-state index contributed by atoms with van der Waals surface area (Å²) >= 11 is 6.69. The molecule has 6 rings (SSSR count). The van der Waals surface area contributed by atoms with Crippen molar-refractivity contribution in [3.05, 3.63) is 40.8 Å². The minimum Gasteiger partial charge on any atom is -0.391 e. The quantitative estimate of drug-likeness (QED) is 0.590. The molecule has 1 aromatic carbocycles. The van der Waals surface area contributed by atoms with Crippen molar-refractivity contribution < 1.29 is 5.11 Å². The first kappa shape index (κ1) is 20.4. The lowest BCUT2D eigenvalue weighted by Crippen LogP contribution is -2.52. The van der Waals surface area contributed by atoms with Gasteiger partial charge in [0.05, 0.1) is 35.2 Å². The Labute approximate surface area is 192 Å². The van der Waals surface area contributed by atoms with Crippen molar-refractivity contribution in [2.45, 2.75) is 69.6 Å². The van der Waals surface area contributed by atoms with Crippen LogP contribution in [0.1, 0.15) is 61.7 Å². The molecule has 2 atom stereocenters. The highest BCUT2D eigenvalue weighted by atomic mass is 35.5. The van der Waals surface area contributed by atoms with Crippen molar-refractivity contribution in [2.24, 2.45) is 0 Å². The number of fused-ring (bicyclic) bond motifs is 1. The van der Waals surface area contributed by atoms with Crippen LogP contribution in [-0.2, 0) is 0 Å². The Morgan fingerprint density at radius 3 is 2.56 bits per heavy atom. The summed E-state index contributed by atoms with van der Waals surface area (Å²) in [6.45, 7) is 4.12. The molecule has 7 nitrogen and oxygen atoms in total. The predicted octanol–water partition coefficient (Wildman–Crippen LogP) is 4.57.